The van der Waals surface area contributed by atoms with E-state index in [0.717, 1.165) is 35.4 Å². The van der Waals surface area contributed by atoms with E-state index in [2.05, 4.69) is 0 Å². The summed E-state index contributed by atoms with van der Waals surface area (Å²) in [5.74, 6) is 0.104. The lowest BCUT2D eigenvalue weighted by atomic mass is 10.1. The summed E-state index contributed by atoms with van der Waals surface area (Å²) in [6.07, 6.45) is 2.36. The zero-order chi connectivity index (χ0) is 14.3. The number of carbonyl (C=O) groups excluding carboxylic acids is 1. The molecule has 3 rings (SSSR count). The number of benzene rings is 1. The Kier molecular flexibility index (Phi) is 2.89. The van der Waals surface area contributed by atoms with E-state index in [9.17, 15) is 14.9 Å². The SMILES string of the molecule is Cc1cc(-c2ccc([N+](=O)[O-])cc2)n2c1CCCC2=O. The van der Waals surface area contributed by atoms with Crippen LogP contribution in [-0.2, 0) is 6.42 Å². The van der Waals surface area contributed by atoms with Gasteiger partial charge in [0, 0.05) is 24.2 Å². The number of hydrogen-bond donors (Lipinski definition) is 0. The molecular formula is C15H14N2O3. The average molecular weight is 270 g/mol. The fourth-order valence-corrected chi connectivity index (χ4v) is 2.75. The molecule has 1 aliphatic rings. The second-order valence-corrected chi connectivity index (χ2v) is 5.05. The number of aromatic nitrogens is 1. The Morgan fingerprint density at radius 3 is 2.55 bits per heavy atom. The molecule has 1 aliphatic heterocycles. The lowest BCUT2D eigenvalue weighted by molar-refractivity contribution is -0.384. The number of rotatable bonds is 2. The highest BCUT2D eigenvalue weighted by molar-refractivity contribution is 5.87. The van der Waals surface area contributed by atoms with Crippen LogP contribution in [0.4, 0.5) is 5.69 Å². The predicted octanol–water partition coefficient (Wildman–Crippen LogP) is 3.35. The summed E-state index contributed by atoms with van der Waals surface area (Å²) in [4.78, 5) is 22.4. The van der Waals surface area contributed by atoms with E-state index in [-0.39, 0.29) is 11.6 Å². The smallest absolute Gasteiger partial charge is 0.269 e. The van der Waals surface area contributed by atoms with Crippen molar-refractivity contribution >= 4 is 11.6 Å². The number of aryl methyl sites for hydroxylation is 1. The topological polar surface area (TPSA) is 65.1 Å². The van der Waals surface area contributed by atoms with Crippen molar-refractivity contribution < 1.29 is 9.72 Å². The van der Waals surface area contributed by atoms with Gasteiger partial charge in [-0.15, -0.1) is 0 Å². The number of fused-ring (bicyclic) bond motifs is 1. The van der Waals surface area contributed by atoms with Gasteiger partial charge in [-0.3, -0.25) is 19.5 Å². The zero-order valence-electron chi connectivity index (χ0n) is 11.1. The van der Waals surface area contributed by atoms with Crippen molar-refractivity contribution in [2.75, 3.05) is 0 Å². The molecule has 0 bridgehead atoms. The molecule has 5 heteroatoms. The molecule has 2 heterocycles. The number of non-ortho nitro benzene ring substituents is 1. The van der Waals surface area contributed by atoms with Crippen LogP contribution in [0.5, 0.6) is 0 Å². The van der Waals surface area contributed by atoms with Crippen LogP contribution in [-0.4, -0.2) is 15.4 Å². The van der Waals surface area contributed by atoms with Gasteiger partial charge < -0.3 is 0 Å². The van der Waals surface area contributed by atoms with E-state index in [0.29, 0.717) is 6.42 Å². The largest absolute Gasteiger partial charge is 0.284 e. The fraction of sp³-hybridized carbons (Fsp3) is 0.267. The summed E-state index contributed by atoms with van der Waals surface area (Å²) in [7, 11) is 0. The standard InChI is InChI=1S/C15H14N2O3/c1-10-9-14(16-13(10)3-2-4-15(16)18)11-5-7-12(8-6-11)17(19)20/h5-9H,2-4H2,1H3. The third-order valence-corrected chi connectivity index (χ3v) is 3.75. The van der Waals surface area contributed by atoms with E-state index < -0.39 is 4.92 Å². The second-order valence-electron chi connectivity index (χ2n) is 5.05. The highest BCUT2D eigenvalue weighted by Crippen LogP contribution is 2.30. The molecule has 1 aromatic carbocycles. The maximum Gasteiger partial charge on any atom is 0.269 e. The van der Waals surface area contributed by atoms with E-state index in [1.807, 2.05) is 13.0 Å². The van der Waals surface area contributed by atoms with E-state index in [4.69, 9.17) is 0 Å². The van der Waals surface area contributed by atoms with Gasteiger partial charge in [-0.25, -0.2) is 0 Å². The van der Waals surface area contributed by atoms with Crippen LogP contribution in [0.25, 0.3) is 11.3 Å². The molecule has 0 aliphatic carbocycles. The molecule has 5 nitrogen and oxygen atoms in total. The minimum absolute atomic E-state index is 0.0576. The molecule has 102 valence electrons. The predicted molar refractivity (Wildman–Crippen MR) is 74.8 cm³/mol. The van der Waals surface area contributed by atoms with Crippen LogP contribution in [0.2, 0.25) is 0 Å². The third-order valence-electron chi connectivity index (χ3n) is 3.75. The number of carbonyl (C=O) groups is 1. The molecule has 0 saturated heterocycles. The van der Waals surface area contributed by atoms with Crippen LogP contribution in [0, 0.1) is 17.0 Å². The molecule has 0 amide bonds. The quantitative estimate of drug-likeness (QED) is 0.621. The maximum absolute atomic E-state index is 12.1. The van der Waals surface area contributed by atoms with Gasteiger partial charge in [0.1, 0.15) is 0 Å². The molecule has 0 fully saturated rings. The molecule has 20 heavy (non-hydrogen) atoms. The Labute approximate surface area is 116 Å². The van der Waals surface area contributed by atoms with Crippen LogP contribution >= 0.6 is 0 Å². The summed E-state index contributed by atoms with van der Waals surface area (Å²) in [5.41, 5.74) is 3.89. The summed E-state index contributed by atoms with van der Waals surface area (Å²) in [6.45, 7) is 2.00. The van der Waals surface area contributed by atoms with Crippen molar-refractivity contribution in [1.29, 1.82) is 0 Å². The van der Waals surface area contributed by atoms with Crippen molar-refractivity contribution in [2.24, 2.45) is 0 Å². The van der Waals surface area contributed by atoms with Gasteiger partial charge in [-0.05, 0) is 49.1 Å². The van der Waals surface area contributed by atoms with Gasteiger partial charge >= 0.3 is 0 Å². The minimum atomic E-state index is -0.423. The van der Waals surface area contributed by atoms with Gasteiger partial charge in [-0.1, -0.05) is 0 Å². The van der Waals surface area contributed by atoms with Gasteiger partial charge in [-0.2, -0.15) is 0 Å². The van der Waals surface area contributed by atoms with Crippen molar-refractivity contribution in [1.82, 2.24) is 4.57 Å². The molecule has 0 saturated carbocycles. The monoisotopic (exact) mass is 270 g/mol. The Bertz CT molecular complexity index is 699. The van der Waals surface area contributed by atoms with E-state index in [1.54, 1.807) is 16.7 Å². The molecule has 0 spiro atoms. The second kappa shape index (κ2) is 4.59. The highest BCUT2D eigenvalue weighted by Gasteiger charge is 2.22. The van der Waals surface area contributed by atoms with Gasteiger partial charge in [0.2, 0.25) is 5.91 Å². The normalized spacial score (nSPS) is 14.2. The highest BCUT2D eigenvalue weighted by atomic mass is 16.6. The van der Waals surface area contributed by atoms with Crippen LogP contribution in [0.15, 0.2) is 30.3 Å². The van der Waals surface area contributed by atoms with Crippen LogP contribution < -0.4 is 0 Å². The Morgan fingerprint density at radius 2 is 1.90 bits per heavy atom. The first-order chi connectivity index (χ1) is 9.58. The number of nitro groups is 1. The van der Waals surface area contributed by atoms with Crippen LogP contribution in [0.1, 0.15) is 28.9 Å². The fourth-order valence-electron chi connectivity index (χ4n) is 2.75. The van der Waals surface area contributed by atoms with Crippen molar-refractivity contribution in [2.45, 2.75) is 26.2 Å². The average Bonchev–Trinajstić information content (AvgIpc) is 2.78. The first kappa shape index (κ1) is 12.6. The Balaban J connectivity index is 2.11. The summed E-state index contributed by atoms with van der Waals surface area (Å²) < 4.78 is 1.76. The third kappa shape index (κ3) is 1.91. The molecule has 2 aromatic rings. The van der Waals surface area contributed by atoms with E-state index >= 15 is 0 Å². The molecule has 0 radical (unpaired) electrons. The van der Waals surface area contributed by atoms with Gasteiger partial charge in [0.05, 0.1) is 10.6 Å². The number of nitrogens with zero attached hydrogens (tertiary/aromatic N) is 2. The van der Waals surface area contributed by atoms with Gasteiger partial charge in [0.15, 0.2) is 0 Å². The Morgan fingerprint density at radius 1 is 1.20 bits per heavy atom. The molecule has 0 N–H and O–H groups in total. The maximum atomic E-state index is 12.1. The van der Waals surface area contributed by atoms with Gasteiger partial charge in [0.25, 0.3) is 5.69 Å². The van der Waals surface area contributed by atoms with Crippen molar-refractivity contribution in [3.05, 3.63) is 51.7 Å². The first-order valence-corrected chi connectivity index (χ1v) is 6.57. The lowest BCUT2D eigenvalue weighted by Crippen LogP contribution is -2.20. The Hall–Kier alpha value is -2.43. The van der Waals surface area contributed by atoms with Crippen molar-refractivity contribution in [3.8, 4) is 11.3 Å². The molecule has 0 atom stereocenters. The number of hydrogen-bond acceptors (Lipinski definition) is 3. The van der Waals surface area contributed by atoms with Crippen LogP contribution in [0.3, 0.4) is 0 Å². The zero-order valence-corrected chi connectivity index (χ0v) is 11.1. The molecular weight excluding hydrogens is 256 g/mol. The summed E-state index contributed by atoms with van der Waals surface area (Å²) >= 11 is 0. The first-order valence-electron chi connectivity index (χ1n) is 6.57. The van der Waals surface area contributed by atoms with E-state index in [1.165, 1.54) is 12.1 Å². The molecule has 0 unspecified atom stereocenters. The lowest BCUT2D eigenvalue weighted by Gasteiger charge is -2.17. The number of nitro benzene ring substituents is 1. The van der Waals surface area contributed by atoms with Crippen molar-refractivity contribution in [3.63, 3.8) is 0 Å². The summed E-state index contributed by atoms with van der Waals surface area (Å²) in [6, 6.07) is 8.32. The molecule has 1 aromatic heterocycles. The summed E-state index contributed by atoms with van der Waals surface area (Å²) in [5, 5.41) is 10.7. The minimum Gasteiger partial charge on any atom is -0.284 e.